The van der Waals surface area contributed by atoms with E-state index in [0.29, 0.717) is 59.1 Å². The molecular formula is C61H77Cl4FN7O19PS4. The normalized spacial score (nSPS) is 15.2. The molecule has 5 aromatic rings. The van der Waals surface area contributed by atoms with Crippen LogP contribution in [0.1, 0.15) is 74.4 Å². The number of benzene rings is 4. The average molecular weight is 1530 g/mol. The fourth-order valence-corrected chi connectivity index (χ4v) is 12.6. The molecule has 1 saturated carbocycles. The topological polar surface area (TPSA) is 363 Å². The number of carbonyl (C=O) groups is 7. The highest BCUT2D eigenvalue weighted by atomic mass is 35.5. The third kappa shape index (κ3) is 26.9. The molecule has 1 fully saturated rings. The number of Topliss-reactive ketones (excluding diaryl/α,β-unsaturated/α-hetero) is 3. The van der Waals surface area contributed by atoms with E-state index in [1.807, 2.05) is 62.5 Å². The zero-order valence-corrected chi connectivity index (χ0v) is 61.8. The number of halogens is 5. The molecule has 1 aliphatic carbocycles. The number of thioether (sulfide) groups is 1. The van der Waals surface area contributed by atoms with Crippen molar-refractivity contribution in [1.29, 1.82) is 0 Å². The maximum Gasteiger partial charge on any atom is 0.325 e. The lowest BCUT2D eigenvalue weighted by Crippen LogP contribution is -2.47. The van der Waals surface area contributed by atoms with Gasteiger partial charge >= 0.3 is 16.8 Å². The Hall–Kier alpha value is -6.06. The van der Waals surface area contributed by atoms with E-state index in [2.05, 4.69) is 41.5 Å². The van der Waals surface area contributed by atoms with Crippen LogP contribution in [-0.4, -0.2) is 168 Å². The molecular weight excluding hydrogens is 1450 g/mol. The minimum atomic E-state index is -4.35. The molecule has 3 aliphatic rings. The number of hydrogen-bond donors (Lipinski definition) is 3. The summed E-state index contributed by atoms with van der Waals surface area (Å²) in [6, 6.07) is 18.8. The van der Waals surface area contributed by atoms with Gasteiger partial charge in [0.15, 0.2) is 32.0 Å². The lowest BCUT2D eigenvalue weighted by atomic mass is 9.81. The van der Waals surface area contributed by atoms with Crippen molar-refractivity contribution < 1.29 is 85.0 Å². The molecule has 2 aliphatic heterocycles. The van der Waals surface area contributed by atoms with Crippen molar-refractivity contribution >= 4 is 162 Å². The van der Waals surface area contributed by atoms with Crippen molar-refractivity contribution in [2.24, 2.45) is 10.9 Å². The Balaban J connectivity index is 0.000000319. The second kappa shape index (κ2) is 40.9. The van der Waals surface area contributed by atoms with Gasteiger partial charge in [-0.15, -0.1) is 23.4 Å². The lowest BCUT2D eigenvalue weighted by molar-refractivity contribution is -0.385. The number of fused-ring (bicyclic) bond motifs is 2. The molecule has 2 amide bonds. The smallest absolute Gasteiger partial charge is 0.325 e. The van der Waals surface area contributed by atoms with E-state index in [4.69, 9.17) is 65.9 Å². The van der Waals surface area contributed by atoms with Crippen molar-refractivity contribution in [3.05, 3.63) is 125 Å². The summed E-state index contributed by atoms with van der Waals surface area (Å²) in [5.41, 5.74) is 2.85. The summed E-state index contributed by atoms with van der Waals surface area (Å²) < 4.78 is 65.8. The molecule has 26 nitrogen and oxygen atoms in total. The van der Waals surface area contributed by atoms with Gasteiger partial charge in [-0.05, 0) is 116 Å². The van der Waals surface area contributed by atoms with E-state index in [0.717, 1.165) is 95.4 Å². The maximum absolute atomic E-state index is 14.3. The predicted molar refractivity (Wildman–Crippen MR) is 373 cm³/mol. The summed E-state index contributed by atoms with van der Waals surface area (Å²) in [5.74, 6) is -5.45. The molecule has 0 radical (unpaired) electrons. The number of nitro benzene ring substituents is 1. The number of aryl methyl sites for hydroxylation is 2. The minimum Gasteiger partial charge on any atom is -0.778 e. The molecule has 1 aromatic heterocycles. The van der Waals surface area contributed by atoms with Crippen LogP contribution in [0.25, 0.3) is 0 Å². The number of ketones is 3. The number of aliphatic carboxylic acids is 1. The Labute approximate surface area is 591 Å². The van der Waals surface area contributed by atoms with Gasteiger partial charge in [-0.25, -0.2) is 22.5 Å². The van der Waals surface area contributed by atoms with E-state index in [1.54, 1.807) is 26.3 Å². The Morgan fingerprint density at radius 2 is 1.61 bits per heavy atom. The number of methoxy groups -OCH3 is 2. The van der Waals surface area contributed by atoms with Crippen LogP contribution in [0.15, 0.2) is 92.4 Å². The number of nitrogens with one attached hydrogen (secondary N) is 1. The SMILES string of the molecule is CC1COc2ccccc2N1C(=O)C(Cl)Cl.CCc1cccc(C)c1N(C(=O)CCl)C(C)COC.COC(=O)CSc1cc(N=c2sc(=O)n3n2CCCC3)c(F)cc1Cl.CS(=O)(=O)c1ccc(C(=O)C2C(=O)CCCC2=O)c([N+](=O)[O-])c1.C[S+](C)C.O=C(O)CNCP(=O)([O-])O. The van der Waals surface area contributed by atoms with Gasteiger partial charge in [0.05, 0.1) is 94.9 Å². The highest BCUT2D eigenvalue weighted by molar-refractivity contribution is 8.00. The van der Waals surface area contributed by atoms with Gasteiger partial charge in [-0.1, -0.05) is 72.1 Å². The van der Waals surface area contributed by atoms with E-state index >= 15 is 0 Å². The fourth-order valence-electron chi connectivity index (χ4n) is 9.25. The van der Waals surface area contributed by atoms with Gasteiger partial charge in [0.1, 0.15) is 43.3 Å². The van der Waals surface area contributed by atoms with E-state index in [-0.39, 0.29) is 68.9 Å². The molecule has 0 saturated heterocycles. The van der Waals surface area contributed by atoms with Crippen LogP contribution in [0, 0.1) is 28.8 Å². The van der Waals surface area contributed by atoms with Crippen molar-refractivity contribution in [2.75, 3.05) is 86.7 Å². The van der Waals surface area contributed by atoms with E-state index in [9.17, 15) is 70.7 Å². The monoisotopic (exact) mass is 1530 g/mol. The zero-order chi connectivity index (χ0) is 73.2. The van der Waals surface area contributed by atoms with Gasteiger partial charge in [0.2, 0.25) is 10.7 Å². The maximum atomic E-state index is 14.3. The molecule has 534 valence electrons. The van der Waals surface area contributed by atoms with E-state index in [1.165, 1.54) is 13.2 Å². The molecule has 3 unspecified atom stereocenters. The zero-order valence-electron chi connectivity index (χ0n) is 54.6. The minimum absolute atomic E-state index is 0.0223. The van der Waals surface area contributed by atoms with Crippen LogP contribution in [0.5, 0.6) is 5.75 Å². The summed E-state index contributed by atoms with van der Waals surface area (Å²) in [5, 5.41) is 21.3. The predicted octanol–water partition coefficient (Wildman–Crippen LogP) is 8.34. The number of nitro groups is 1. The van der Waals surface area contributed by atoms with Crippen LogP contribution in [0.2, 0.25) is 5.02 Å². The summed E-state index contributed by atoms with van der Waals surface area (Å²) in [7, 11) is -4.47. The quantitative estimate of drug-likeness (QED) is 0.00804. The van der Waals surface area contributed by atoms with Gasteiger partial charge in [-0.3, -0.25) is 58.5 Å². The fraction of sp³-hybridized carbons (Fsp3) is 0.459. The summed E-state index contributed by atoms with van der Waals surface area (Å²) >= 11 is 25.2. The molecule has 0 spiro atoms. The number of para-hydroxylation sites is 3. The number of carboxylic acid groups (broad SMARTS) is 1. The van der Waals surface area contributed by atoms with Gasteiger partial charge in [0.25, 0.3) is 11.6 Å². The average Bonchev–Trinajstić information content (AvgIpc) is 1.58. The number of rotatable bonds is 19. The number of anilines is 2. The molecule has 36 heteroatoms. The number of esters is 1. The third-order valence-corrected chi connectivity index (χ3v) is 18.2. The number of hydrogen-bond acceptors (Lipinski definition) is 21. The number of amides is 2. The molecule has 3 N–H and O–H groups in total. The lowest BCUT2D eigenvalue weighted by Gasteiger charge is -2.35. The third-order valence-electron chi connectivity index (χ3n) is 13.5. The second-order valence-corrected chi connectivity index (χ2v) is 31.5. The summed E-state index contributed by atoms with van der Waals surface area (Å²) in [4.78, 5) is 129. The number of nitrogens with zero attached hydrogens (tertiary/aromatic N) is 6. The first-order valence-electron chi connectivity index (χ1n) is 29.3. The van der Waals surface area contributed by atoms with Crippen LogP contribution >= 0.6 is 77.1 Å². The van der Waals surface area contributed by atoms with Crippen LogP contribution in [0.3, 0.4) is 0 Å². The number of ether oxygens (including phenoxy) is 3. The molecule has 97 heavy (non-hydrogen) atoms. The van der Waals surface area contributed by atoms with Gasteiger partial charge < -0.3 is 43.5 Å². The number of aromatic nitrogens is 2. The van der Waals surface area contributed by atoms with Crippen molar-refractivity contribution in [2.45, 2.75) is 106 Å². The Kier molecular flexibility index (Phi) is 35.9. The largest absolute Gasteiger partial charge is 0.778 e. The number of alkyl halides is 3. The molecule has 4 aromatic carbocycles. The molecule has 0 bridgehead atoms. The summed E-state index contributed by atoms with van der Waals surface area (Å²) in [6.07, 6.45) is 10.0. The number of carbonyl (C=O) groups excluding carboxylic acids is 6. The number of sulfone groups is 1. The highest BCUT2D eigenvalue weighted by Gasteiger charge is 2.39. The van der Waals surface area contributed by atoms with Crippen molar-refractivity contribution in [1.82, 2.24) is 14.7 Å². The molecule has 8 rings (SSSR count). The van der Waals surface area contributed by atoms with Crippen molar-refractivity contribution in [3.63, 3.8) is 0 Å². The van der Waals surface area contributed by atoms with Gasteiger partial charge in [0, 0.05) is 50.3 Å². The molecule has 3 heterocycles. The number of carboxylic acids is 1. The summed E-state index contributed by atoms with van der Waals surface area (Å²) in [6.45, 7) is 9.75. The highest BCUT2D eigenvalue weighted by Crippen LogP contribution is 2.36. The Bertz CT molecular complexity index is 3890. The Morgan fingerprint density at radius 1 is 0.990 bits per heavy atom. The first-order chi connectivity index (χ1) is 45.4. The van der Waals surface area contributed by atoms with Crippen molar-refractivity contribution in [3.8, 4) is 5.75 Å². The molecule has 3 atom stereocenters. The Morgan fingerprint density at radius 3 is 2.15 bits per heavy atom. The van der Waals surface area contributed by atoms with Crippen LogP contribution in [-0.2, 0) is 83.0 Å². The van der Waals surface area contributed by atoms with Gasteiger partial charge in [-0.2, -0.15) is 0 Å². The second-order valence-electron chi connectivity index (χ2n) is 21.7. The van der Waals surface area contributed by atoms with Crippen LogP contribution in [0.4, 0.5) is 27.1 Å². The van der Waals surface area contributed by atoms with Crippen LogP contribution < -0.4 is 34.4 Å². The van der Waals surface area contributed by atoms with E-state index < -0.39 is 92.3 Å². The first kappa shape index (κ1) is 85.2. The standard InChI is InChI=1S/C15H15ClFN3O3S2.C15H22ClNO2.C14H13NO7S.C11H11Cl2NO2.C3H8NO5P.C3H9S/c1-23-13(21)8-24-12-7-11(10(17)6-9(12)16)18-14-19-4-2-3-5-20(19)15(22)25-14;1-5-13-8-6-7-11(2)15(13)17(14(18)9-16)12(3)10-19-4;1-23(21,22)8-5-6-9(10(7-8)15(19)20)14(18)13-11(16)3-2-4-12(13)17;1-7-6-16-9-5-3-2-4-8(9)14(7)11(15)10(12)13;5-3(6)1-4-2-10(7,8)9;1-4(2)3/h6-7H,2-5,8H2,1H3;6-8,12H,5,9-10H2,1-4H3;5-7,13H,2-4H2,1H3;2-5,7,10H,6H2,1H3;4H,1-2H2,(H,5,6)(H2,7,8,9);1-3H3/q;;;;;+1/p-1. The first-order valence-corrected chi connectivity index (χ1v) is 39.0.